The highest BCUT2D eigenvalue weighted by atomic mass is 32.2. The summed E-state index contributed by atoms with van der Waals surface area (Å²) in [6, 6.07) is 20.8. The molecule has 0 aliphatic carbocycles. The van der Waals surface area contributed by atoms with Crippen molar-refractivity contribution in [3.05, 3.63) is 78.5 Å². The SMILES string of the molecule is CN1CC2CN(c3ccc(-c4ccccc4)cn3)CC2C1.Cc1ccc(S(=O)(=O)O)cc1. The van der Waals surface area contributed by atoms with E-state index in [0.717, 1.165) is 36.3 Å². The molecular formula is C25H29N3O3S. The van der Waals surface area contributed by atoms with Crippen molar-refractivity contribution in [3.63, 3.8) is 0 Å². The van der Waals surface area contributed by atoms with E-state index in [-0.39, 0.29) is 4.90 Å². The quantitative estimate of drug-likeness (QED) is 0.607. The molecule has 7 heteroatoms. The van der Waals surface area contributed by atoms with Crippen LogP contribution >= 0.6 is 0 Å². The molecule has 2 atom stereocenters. The Morgan fingerprint density at radius 1 is 0.844 bits per heavy atom. The van der Waals surface area contributed by atoms with Crippen molar-refractivity contribution in [1.82, 2.24) is 9.88 Å². The molecule has 3 aromatic rings. The molecule has 3 heterocycles. The van der Waals surface area contributed by atoms with E-state index in [1.54, 1.807) is 12.1 Å². The van der Waals surface area contributed by atoms with Crippen molar-refractivity contribution in [2.45, 2.75) is 11.8 Å². The second kappa shape index (κ2) is 9.40. The van der Waals surface area contributed by atoms with E-state index in [1.165, 1.54) is 36.3 Å². The third-order valence-electron chi connectivity index (χ3n) is 6.17. The third kappa shape index (κ3) is 5.35. The van der Waals surface area contributed by atoms with E-state index >= 15 is 0 Å². The lowest BCUT2D eigenvalue weighted by atomic mass is 10.0. The highest BCUT2D eigenvalue weighted by molar-refractivity contribution is 7.85. The van der Waals surface area contributed by atoms with Crippen LogP contribution in [0.1, 0.15) is 5.56 Å². The number of nitrogens with zero attached hydrogens (tertiary/aromatic N) is 3. The smallest absolute Gasteiger partial charge is 0.294 e. The fourth-order valence-electron chi connectivity index (χ4n) is 4.50. The summed E-state index contributed by atoms with van der Waals surface area (Å²) in [5.41, 5.74) is 3.38. The zero-order valence-electron chi connectivity index (χ0n) is 18.4. The van der Waals surface area contributed by atoms with Gasteiger partial charge in [0.05, 0.1) is 4.90 Å². The number of benzene rings is 2. The molecule has 0 amide bonds. The summed E-state index contributed by atoms with van der Waals surface area (Å²) in [6.07, 6.45) is 2.00. The van der Waals surface area contributed by atoms with Gasteiger partial charge in [0.15, 0.2) is 0 Å². The number of rotatable bonds is 3. The van der Waals surface area contributed by atoms with Gasteiger partial charge in [-0.15, -0.1) is 0 Å². The summed E-state index contributed by atoms with van der Waals surface area (Å²) in [4.78, 5) is 9.54. The van der Waals surface area contributed by atoms with Crippen molar-refractivity contribution >= 4 is 15.9 Å². The number of hydrogen-bond acceptors (Lipinski definition) is 5. The number of aromatic nitrogens is 1. The number of fused-ring (bicyclic) bond motifs is 1. The molecule has 2 saturated heterocycles. The van der Waals surface area contributed by atoms with Crippen LogP contribution in [0.25, 0.3) is 11.1 Å². The van der Waals surface area contributed by atoms with Crippen LogP contribution in [0, 0.1) is 18.8 Å². The number of hydrogen-bond donors (Lipinski definition) is 1. The molecule has 2 unspecified atom stereocenters. The van der Waals surface area contributed by atoms with Gasteiger partial charge in [-0.05, 0) is 55.6 Å². The molecule has 168 valence electrons. The zero-order chi connectivity index (χ0) is 22.7. The summed E-state index contributed by atoms with van der Waals surface area (Å²) in [6.45, 7) is 6.64. The van der Waals surface area contributed by atoms with Gasteiger partial charge in [-0.25, -0.2) is 4.98 Å². The largest absolute Gasteiger partial charge is 0.356 e. The Labute approximate surface area is 190 Å². The van der Waals surface area contributed by atoms with Crippen molar-refractivity contribution in [1.29, 1.82) is 0 Å². The Morgan fingerprint density at radius 2 is 1.47 bits per heavy atom. The minimum Gasteiger partial charge on any atom is -0.356 e. The monoisotopic (exact) mass is 451 g/mol. The van der Waals surface area contributed by atoms with Crippen LogP contribution in [0.3, 0.4) is 0 Å². The number of anilines is 1. The lowest BCUT2D eigenvalue weighted by Crippen LogP contribution is -2.27. The fourth-order valence-corrected chi connectivity index (χ4v) is 4.98. The van der Waals surface area contributed by atoms with Gasteiger partial charge in [-0.3, -0.25) is 4.55 Å². The third-order valence-corrected chi connectivity index (χ3v) is 7.03. The van der Waals surface area contributed by atoms with Gasteiger partial charge >= 0.3 is 0 Å². The maximum Gasteiger partial charge on any atom is 0.294 e. The molecule has 32 heavy (non-hydrogen) atoms. The predicted molar refractivity (Wildman–Crippen MR) is 127 cm³/mol. The molecule has 5 rings (SSSR count). The Morgan fingerprint density at radius 3 is 2.00 bits per heavy atom. The molecule has 0 bridgehead atoms. The molecule has 1 N–H and O–H groups in total. The minimum absolute atomic E-state index is 0.0666. The normalized spacial score (nSPS) is 20.5. The first-order valence-electron chi connectivity index (χ1n) is 10.8. The Hall–Kier alpha value is -2.74. The maximum atomic E-state index is 10.5. The Kier molecular flexibility index (Phi) is 6.60. The van der Waals surface area contributed by atoms with Crippen LogP contribution in [0.15, 0.2) is 77.8 Å². The van der Waals surface area contributed by atoms with Gasteiger partial charge in [0.1, 0.15) is 5.82 Å². The number of aryl methyl sites for hydroxylation is 1. The predicted octanol–water partition coefficient (Wildman–Crippen LogP) is 3.99. The molecule has 2 fully saturated rings. The minimum atomic E-state index is -4.02. The Bertz CT molecular complexity index is 1120. The lowest BCUT2D eigenvalue weighted by Gasteiger charge is -2.20. The molecule has 2 aromatic carbocycles. The molecule has 6 nitrogen and oxygen atoms in total. The van der Waals surface area contributed by atoms with Crippen LogP contribution in [-0.2, 0) is 10.1 Å². The molecule has 2 aliphatic heterocycles. The number of likely N-dealkylation sites (tertiary alicyclic amines) is 1. The van der Waals surface area contributed by atoms with E-state index in [4.69, 9.17) is 9.54 Å². The van der Waals surface area contributed by atoms with Gasteiger partial charge in [0.2, 0.25) is 0 Å². The summed E-state index contributed by atoms with van der Waals surface area (Å²) >= 11 is 0. The average molecular weight is 452 g/mol. The molecule has 1 aromatic heterocycles. The first-order chi connectivity index (χ1) is 15.3. The van der Waals surface area contributed by atoms with Crippen LogP contribution in [0.4, 0.5) is 5.82 Å². The summed E-state index contributed by atoms with van der Waals surface area (Å²) in [5.74, 6) is 2.78. The standard InChI is InChI=1S/C18H21N3.C7H8O3S/c1-20-10-16-12-21(13-17(16)11-20)18-8-7-15(9-19-18)14-5-3-2-4-6-14;1-6-2-4-7(5-3-6)11(8,9)10/h2-9,16-17H,10-13H2,1H3;2-5H,1H3,(H,8,9,10). The van der Waals surface area contributed by atoms with Crippen molar-refractivity contribution in [3.8, 4) is 11.1 Å². The van der Waals surface area contributed by atoms with Gasteiger partial charge in [-0.1, -0.05) is 48.0 Å². The highest BCUT2D eigenvalue weighted by Gasteiger charge is 2.38. The van der Waals surface area contributed by atoms with Gasteiger partial charge < -0.3 is 9.80 Å². The molecule has 2 aliphatic rings. The van der Waals surface area contributed by atoms with Crippen molar-refractivity contribution in [2.24, 2.45) is 11.8 Å². The van der Waals surface area contributed by atoms with Crippen molar-refractivity contribution < 1.29 is 13.0 Å². The van der Waals surface area contributed by atoms with E-state index in [2.05, 4.69) is 53.2 Å². The Balaban J connectivity index is 0.000000189. The highest BCUT2D eigenvalue weighted by Crippen LogP contribution is 2.33. The van der Waals surface area contributed by atoms with Crippen LogP contribution < -0.4 is 4.90 Å². The van der Waals surface area contributed by atoms with E-state index in [0.29, 0.717) is 0 Å². The molecule has 0 radical (unpaired) electrons. The van der Waals surface area contributed by atoms with Crippen molar-refractivity contribution in [2.75, 3.05) is 38.1 Å². The lowest BCUT2D eigenvalue weighted by molar-refractivity contribution is 0.387. The van der Waals surface area contributed by atoms with E-state index in [9.17, 15) is 8.42 Å². The first-order valence-corrected chi connectivity index (χ1v) is 12.2. The van der Waals surface area contributed by atoms with E-state index in [1.807, 2.05) is 19.2 Å². The average Bonchev–Trinajstić information content (AvgIpc) is 3.32. The summed E-state index contributed by atoms with van der Waals surface area (Å²) < 4.78 is 29.6. The fraction of sp³-hybridized carbons (Fsp3) is 0.320. The first kappa shape index (κ1) is 22.5. The molecular weight excluding hydrogens is 422 g/mol. The van der Waals surface area contributed by atoms with Crippen LogP contribution in [0.5, 0.6) is 0 Å². The van der Waals surface area contributed by atoms with Crippen LogP contribution in [0.2, 0.25) is 0 Å². The summed E-state index contributed by atoms with van der Waals surface area (Å²) in [7, 11) is -1.79. The second-order valence-corrected chi connectivity index (χ2v) is 10.1. The van der Waals surface area contributed by atoms with Gasteiger partial charge in [0, 0.05) is 37.9 Å². The maximum absolute atomic E-state index is 10.5. The number of pyridine rings is 1. The topological polar surface area (TPSA) is 73.7 Å². The summed E-state index contributed by atoms with van der Waals surface area (Å²) in [5, 5.41) is 0. The van der Waals surface area contributed by atoms with E-state index < -0.39 is 10.1 Å². The second-order valence-electron chi connectivity index (χ2n) is 8.71. The van der Waals surface area contributed by atoms with Crippen LogP contribution in [-0.4, -0.2) is 56.1 Å². The van der Waals surface area contributed by atoms with Gasteiger partial charge in [-0.2, -0.15) is 8.42 Å². The molecule has 0 saturated carbocycles. The molecule has 0 spiro atoms. The zero-order valence-corrected chi connectivity index (χ0v) is 19.2. The van der Waals surface area contributed by atoms with Gasteiger partial charge in [0.25, 0.3) is 10.1 Å².